The zero-order valence-electron chi connectivity index (χ0n) is 7.72. The summed E-state index contributed by atoms with van der Waals surface area (Å²) >= 11 is 0. The van der Waals surface area contributed by atoms with Crippen LogP contribution in [-0.4, -0.2) is 19.1 Å². The van der Waals surface area contributed by atoms with Gasteiger partial charge in [0, 0.05) is 5.41 Å². The Hall–Kier alpha value is -1.26. The van der Waals surface area contributed by atoms with E-state index in [0.29, 0.717) is 0 Å². The van der Waals surface area contributed by atoms with Crippen molar-refractivity contribution in [3.63, 3.8) is 0 Å². The lowest BCUT2D eigenvalue weighted by Crippen LogP contribution is -2.46. The normalized spacial score (nSPS) is 10.3. The maximum Gasteiger partial charge on any atom is 0.425 e. The lowest BCUT2D eigenvalue weighted by atomic mass is 9.96. The van der Waals surface area contributed by atoms with Crippen LogP contribution in [0.1, 0.15) is 20.8 Å². The first-order chi connectivity index (χ1) is 5.38. The summed E-state index contributed by atoms with van der Waals surface area (Å²) in [5, 5.41) is 0. The number of carbonyl (C=O) groups excluding carboxylic acids is 2. The molecule has 70 valence electrons. The first-order valence-corrected chi connectivity index (χ1v) is 3.52. The molecule has 0 aliphatic rings. The minimum Gasteiger partial charge on any atom is -0.452 e. The minimum absolute atomic E-state index is 0.270. The maximum atomic E-state index is 11.1. The number of carbonyl (C=O) groups is 2. The first-order valence-electron chi connectivity index (χ1n) is 3.52. The largest absolute Gasteiger partial charge is 0.452 e. The summed E-state index contributed by atoms with van der Waals surface area (Å²) in [5.74, 6) is -0.270. The predicted molar refractivity (Wildman–Crippen MR) is 43.1 cm³/mol. The molecule has 0 saturated carbocycles. The van der Waals surface area contributed by atoms with Crippen molar-refractivity contribution in [3.05, 3.63) is 0 Å². The van der Waals surface area contributed by atoms with Gasteiger partial charge >= 0.3 is 6.09 Å². The van der Waals surface area contributed by atoms with Gasteiger partial charge in [0.25, 0.3) is 0 Å². The van der Waals surface area contributed by atoms with Gasteiger partial charge in [-0.05, 0) is 0 Å². The maximum absolute atomic E-state index is 11.1. The molecular weight excluding hydrogens is 160 g/mol. The number of hydrogen-bond donors (Lipinski definition) is 2. The van der Waals surface area contributed by atoms with Gasteiger partial charge in [-0.25, -0.2) is 10.2 Å². The highest BCUT2D eigenvalue weighted by Crippen LogP contribution is 2.11. The zero-order chi connectivity index (χ0) is 9.78. The molecule has 2 amide bonds. The van der Waals surface area contributed by atoms with Crippen molar-refractivity contribution in [2.45, 2.75) is 20.8 Å². The van der Waals surface area contributed by atoms with Gasteiger partial charge in [-0.2, -0.15) is 0 Å². The number of nitrogens with one attached hydrogen (secondary N) is 2. The van der Waals surface area contributed by atoms with Gasteiger partial charge in [-0.1, -0.05) is 20.8 Å². The summed E-state index contributed by atoms with van der Waals surface area (Å²) in [6, 6.07) is 0. The Labute approximate surface area is 71.4 Å². The molecule has 5 nitrogen and oxygen atoms in total. The molecule has 0 aromatic rings. The number of amides is 2. The standard InChI is InChI=1S/C7H14N2O3/c1-7(2,3)5(10)8-9-6(11)12-4/h1-4H3,(H,8,10)(H,9,11). The Morgan fingerprint density at radius 3 is 2.00 bits per heavy atom. The Kier molecular flexibility index (Phi) is 3.53. The second-order valence-electron chi connectivity index (χ2n) is 3.32. The fourth-order valence-electron chi connectivity index (χ4n) is 0.346. The SMILES string of the molecule is COC(=O)NNC(=O)C(C)(C)C. The van der Waals surface area contributed by atoms with Crippen molar-refractivity contribution in [2.75, 3.05) is 7.11 Å². The van der Waals surface area contributed by atoms with E-state index in [9.17, 15) is 9.59 Å². The molecule has 0 aliphatic carbocycles. The summed E-state index contributed by atoms with van der Waals surface area (Å²) in [4.78, 5) is 21.6. The van der Waals surface area contributed by atoms with Crippen LogP contribution < -0.4 is 10.9 Å². The lowest BCUT2D eigenvalue weighted by Gasteiger charge is -2.17. The molecule has 0 saturated heterocycles. The monoisotopic (exact) mass is 174 g/mol. The molecule has 0 rings (SSSR count). The van der Waals surface area contributed by atoms with Crippen LogP contribution in [-0.2, 0) is 9.53 Å². The second kappa shape index (κ2) is 3.94. The number of ether oxygens (including phenoxy) is 1. The summed E-state index contributed by atoms with van der Waals surface area (Å²) in [6.45, 7) is 5.21. The van der Waals surface area contributed by atoms with Gasteiger partial charge in [-0.3, -0.25) is 10.2 Å². The fraction of sp³-hybridized carbons (Fsp3) is 0.714. The van der Waals surface area contributed by atoms with Gasteiger partial charge in [0.1, 0.15) is 0 Å². The molecule has 12 heavy (non-hydrogen) atoms. The molecule has 0 aromatic carbocycles. The zero-order valence-corrected chi connectivity index (χ0v) is 7.72. The average molecular weight is 174 g/mol. The predicted octanol–water partition coefficient (Wildman–Crippen LogP) is 0.420. The molecule has 0 bridgehead atoms. The number of methoxy groups -OCH3 is 1. The molecule has 0 heterocycles. The average Bonchev–Trinajstić information content (AvgIpc) is 1.97. The van der Waals surface area contributed by atoms with E-state index in [2.05, 4.69) is 15.6 Å². The Balaban J connectivity index is 3.81. The number of rotatable bonds is 0. The smallest absolute Gasteiger partial charge is 0.425 e. The Morgan fingerprint density at radius 1 is 1.17 bits per heavy atom. The third-order valence-electron chi connectivity index (χ3n) is 1.14. The molecule has 0 aliphatic heterocycles. The van der Waals surface area contributed by atoms with E-state index in [-0.39, 0.29) is 5.91 Å². The van der Waals surface area contributed by atoms with Gasteiger partial charge in [0.05, 0.1) is 7.11 Å². The molecule has 2 N–H and O–H groups in total. The van der Waals surface area contributed by atoms with Crippen LogP contribution in [0.15, 0.2) is 0 Å². The quantitative estimate of drug-likeness (QED) is 0.523. The van der Waals surface area contributed by atoms with Gasteiger partial charge < -0.3 is 4.74 Å². The topological polar surface area (TPSA) is 67.4 Å². The van der Waals surface area contributed by atoms with Crippen LogP contribution in [0.2, 0.25) is 0 Å². The summed E-state index contributed by atoms with van der Waals surface area (Å²) in [7, 11) is 1.22. The summed E-state index contributed by atoms with van der Waals surface area (Å²) < 4.78 is 4.25. The van der Waals surface area contributed by atoms with E-state index in [1.54, 1.807) is 20.8 Å². The highest BCUT2D eigenvalue weighted by Gasteiger charge is 2.21. The van der Waals surface area contributed by atoms with E-state index in [1.165, 1.54) is 7.11 Å². The fourth-order valence-corrected chi connectivity index (χ4v) is 0.346. The van der Waals surface area contributed by atoms with E-state index in [4.69, 9.17) is 0 Å². The molecule has 0 fully saturated rings. The number of hydrogen-bond acceptors (Lipinski definition) is 3. The highest BCUT2D eigenvalue weighted by atomic mass is 16.5. The minimum atomic E-state index is -0.687. The van der Waals surface area contributed by atoms with E-state index in [0.717, 1.165) is 0 Å². The second-order valence-corrected chi connectivity index (χ2v) is 3.32. The molecule has 0 unspecified atom stereocenters. The van der Waals surface area contributed by atoms with Crippen molar-refractivity contribution in [1.29, 1.82) is 0 Å². The molecule has 0 aromatic heterocycles. The molecule has 0 atom stereocenters. The van der Waals surface area contributed by atoms with Crippen molar-refractivity contribution in [2.24, 2.45) is 5.41 Å². The van der Waals surface area contributed by atoms with Crippen molar-refractivity contribution < 1.29 is 14.3 Å². The van der Waals surface area contributed by atoms with E-state index < -0.39 is 11.5 Å². The summed E-state index contributed by atoms with van der Waals surface area (Å²) in [5.41, 5.74) is 3.76. The number of hydrazine groups is 1. The van der Waals surface area contributed by atoms with Crippen LogP contribution >= 0.6 is 0 Å². The van der Waals surface area contributed by atoms with Crippen LogP contribution in [0.3, 0.4) is 0 Å². The molecular formula is C7H14N2O3. The molecule has 0 radical (unpaired) electrons. The van der Waals surface area contributed by atoms with Crippen molar-refractivity contribution in [3.8, 4) is 0 Å². The van der Waals surface area contributed by atoms with Crippen molar-refractivity contribution >= 4 is 12.0 Å². The van der Waals surface area contributed by atoms with Crippen LogP contribution in [0.4, 0.5) is 4.79 Å². The first kappa shape index (κ1) is 10.7. The molecule has 0 spiro atoms. The van der Waals surface area contributed by atoms with Crippen LogP contribution in [0, 0.1) is 5.41 Å². The lowest BCUT2D eigenvalue weighted by molar-refractivity contribution is -0.129. The summed E-state index contributed by atoms with van der Waals surface area (Å²) in [6.07, 6.45) is -0.687. The van der Waals surface area contributed by atoms with Crippen LogP contribution in [0.5, 0.6) is 0 Å². The highest BCUT2D eigenvalue weighted by molar-refractivity contribution is 5.83. The third kappa shape index (κ3) is 3.80. The third-order valence-corrected chi connectivity index (χ3v) is 1.14. The molecule has 5 heteroatoms. The van der Waals surface area contributed by atoms with E-state index in [1.807, 2.05) is 0 Å². The Bertz CT molecular complexity index is 184. The van der Waals surface area contributed by atoms with Crippen LogP contribution in [0.25, 0.3) is 0 Å². The van der Waals surface area contributed by atoms with Gasteiger partial charge in [-0.15, -0.1) is 0 Å². The van der Waals surface area contributed by atoms with E-state index >= 15 is 0 Å². The van der Waals surface area contributed by atoms with Gasteiger partial charge in [0.2, 0.25) is 5.91 Å². The van der Waals surface area contributed by atoms with Crippen molar-refractivity contribution in [1.82, 2.24) is 10.9 Å². The Morgan fingerprint density at radius 2 is 1.67 bits per heavy atom. The van der Waals surface area contributed by atoms with Gasteiger partial charge in [0.15, 0.2) is 0 Å².